The number of anilines is 1. The lowest BCUT2D eigenvalue weighted by atomic mass is 10.0. The molecule has 0 fully saturated rings. The topological polar surface area (TPSA) is 67.6 Å². The van der Waals surface area contributed by atoms with Crippen molar-refractivity contribution >= 4 is 5.82 Å². The number of pyridine rings is 1. The van der Waals surface area contributed by atoms with Gasteiger partial charge in [0.15, 0.2) is 0 Å². The standard InChI is InChI=1S/C14H12N4.C2H6/c15-14-13(9-17-18-14)12-3-1-2-11(8-12)10-4-6-16-7-5-10;1-2/h1-9H,(H3,15,17,18);1-2H3. The van der Waals surface area contributed by atoms with Crippen LogP contribution in [0.1, 0.15) is 13.8 Å². The normalized spacial score (nSPS) is 9.70. The van der Waals surface area contributed by atoms with Gasteiger partial charge in [-0.05, 0) is 34.9 Å². The molecule has 0 aliphatic heterocycles. The first-order valence-corrected chi connectivity index (χ1v) is 6.64. The number of benzene rings is 1. The summed E-state index contributed by atoms with van der Waals surface area (Å²) in [5, 5.41) is 6.68. The number of aromatic nitrogens is 3. The summed E-state index contributed by atoms with van der Waals surface area (Å²) < 4.78 is 0. The van der Waals surface area contributed by atoms with Gasteiger partial charge in [0.1, 0.15) is 5.82 Å². The molecule has 0 saturated carbocycles. The number of H-pyrrole nitrogens is 1. The van der Waals surface area contributed by atoms with Gasteiger partial charge in [0, 0.05) is 18.0 Å². The molecule has 0 aliphatic carbocycles. The van der Waals surface area contributed by atoms with Crippen LogP contribution in [-0.4, -0.2) is 15.2 Å². The molecule has 4 heteroatoms. The molecule has 20 heavy (non-hydrogen) atoms. The Labute approximate surface area is 118 Å². The van der Waals surface area contributed by atoms with Crippen LogP contribution in [0.4, 0.5) is 5.82 Å². The van der Waals surface area contributed by atoms with Crippen molar-refractivity contribution in [2.45, 2.75) is 13.8 Å². The minimum absolute atomic E-state index is 0.585. The Morgan fingerprint density at radius 3 is 2.30 bits per heavy atom. The third-order valence-corrected chi connectivity index (χ3v) is 2.86. The van der Waals surface area contributed by atoms with Crippen LogP contribution in [0.25, 0.3) is 22.3 Å². The second-order valence-corrected chi connectivity index (χ2v) is 4.01. The van der Waals surface area contributed by atoms with Crippen LogP contribution in [-0.2, 0) is 0 Å². The first-order chi connectivity index (χ1) is 9.84. The second-order valence-electron chi connectivity index (χ2n) is 4.01. The van der Waals surface area contributed by atoms with E-state index in [2.05, 4.69) is 27.3 Å². The van der Waals surface area contributed by atoms with Gasteiger partial charge in [0.05, 0.1) is 6.20 Å². The quantitative estimate of drug-likeness (QED) is 0.742. The molecule has 2 aromatic heterocycles. The summed E-state index contributed by atoms with van der Waals surface area (Å²) in [5.74, 6) is 0.585. The van der Waals surface area contributed by atoms with E-state index in [1.54, 1.807) is 18.6 Å². The number of nitrogen functional groups attached to an aromatic ring is 1. The Balaban J connectivity index is 0.000000704. The van der Waals surface area contributed by atoms with Gasteiger partial charge in [-0.15, -0.1) is 0 Å². The van der Waals surface area contributed by atoms with Crippen molar-refractivity contribution in [3.05, 3.63) is 55.0 Å². The maximum atomic E-state index is 5.83. The van der Waals surface area contributed by atoms with Crippen molar-refractivity contribution in [3.63, 3.8) is 0 Å². The second kappa shape index (κ2) is 6.52. The molecule has 3 rings (SSSR count). The maximum absolute atomic E-state index is 5.83. The van der Waals surface area contributed by atoms with E-state index in [4.69, 9.17) is 5.73 Å². The highest BCUT2D eigenvalue weighted by atomic mass is 15.1. The van der Waals surface area contributed by atoms with Crippen LogP contribution in [0.2, 0.25) is 0 Å². The molecule has 2 heterocycles. The third-order valence-electron chi connectivity index (χ3n) is 2.86. The van der Waals surface area contributed by atoms with Crippen LogP contribution >= 0.6 is 0 Å². The number of hydrogen-bond acceptors (Lipinski definition) is 3. The minimum Gasteiger partial charge on any atom is -0.384 e. The molecule has 4 nitrogen and oxygen atoms in total. The fraction of sp³-hybridized carbons (Fsp3) is 0.125. The third kappa shape index (κ3) is 2.85. The van der Waals surface area contributed by atoms with Crippen LogP contribution in [0.5, 0.6) is 0 Å². The van der Waals surface area contributed by atoms with Gasteiger partial charge in [0.25, 0.3) is 0 Å². The van der Waals surface area contributed by atoms with E-state index in [1.165, 1.54) is 0 Å². The Hall–Kier alpha value is -2.62. The number of nitrogens with zero attached hydrogens (tertiary/aromatic N) is 2. The molecular formula is C16H18N4. The fourth-order valence-electron chi connectivity index (χ4n) is 1.94. The van der Waals surface area contributed by atoms with Crippen molar-refractivity contribution < 1.29 is 0 Å². The molecule has 0 radical (unpaired) electrons. The zero-order chi connectivity index (χ0) is 14.4. The van der Waals surface area contributed by atoms with Gasteiger partial charge >= 0.3 is 0 Å². The van der Waals surface area contributed by atoms with Gasteiger partial charge < -0.3 is 5.73 Å². The Morgan fingerprint density at radius 1 is 0.950 bits per heavy atom. The summed E-state index contributed by atoms with van der Waals surface area (Å²) in [4.78, 5) is 4.02. The molecule has 3 N–H and O–H groups in total. The monoisotopic (exact) mass is 266 g/mol. The van der Waals surface area contributed by atoms with E-state index in [0.29, 0.717) is 5.82 Å². The van der Waals surface area contributed by atoms with Gasteiger partial charge in [-0.1, -0.05) is 32.0 Å². The van der Waals surface area contributed by atoms with Crippen LogP contribution in [0.3, 0.4) is 0 Å². The molecule has 102 valence electrons. The molecule has 1 aromatic carbocycles. The lowest BCUT2D eigenvalue weighted by molar-refractivity contribution is 1.10. The Morgan fingerprint density at radius 2 is 1.65 bits per heavy atom. The van der Waals surface area contributed by atoms with Crippen molar-refractivity contribution in [2.75, 3.05) is 5.73 Å². The van der Waals surface area contributed by atoms with Crippen LogP contribution < -0.4 is 5.73 Å². The molecule has 0 spiro atoms. The van der Waals surface area contributed by atoms with Gasteiger partial charge in [-0.25, -0.2) is 0 Å². The Bertz CT molecular complexity index is 659. The molecule has 0 aliphatic rings. The first kappa shape index (κ1) is 13.8. The summed E-state index contributed by atoms with van der Waals surface area (Å²) in [7, 11) is 0. The fourth-order valence-corrected chi connectivity index (χ4v) is 1.94. The number of rotatable bonds is 2. The number of nitrogens with one attached hydrogen (secondary N) is 1. The van der Waals surface area contributed by atoms with Gasteiger partial charge in [-0.2, -0.15) is 5.10 Å². The van der Waals surface area contributed by atoms with E-state index in [0.717, 1.165) is 22.3 Å². The summed E-state index contributed by atoms with van der Waals surface area (Å²) >= 11 is 0. The SMILES string of the molecule is CC.Nc1[nH]ncc1-c1cccc(-c2ccncc2)c1. The molecule has 0 unspecified atom stereocenters. The largest absolute Gasteiger partial charge is 0.384 e. The van der Waals surface area contributed by atoms with E-state index in [1.807, 2.05) is 38.1 Å². The average Bonchev–Trinajstić information content (AvgIpc) is 2.96. The summed E-state index contributed by atoms with van der Waals surface area (Å²) in [6.07, 6.45) is 5.31. The molecular weight excluding hydrogens is 248 g/mol. The van der Waals surface area contributed by atoms with Crippen molar-refractivity contribution in [2.24, 2.45) is 0 Å². The van der Waals surface area contributed by atoms with E-state index < -0.39 is 0 Å². The lowest BCUT2D eigenvalue weighted by Crippen LogP contribution is -1.88. The van der Waals surface area contributed by atoms with E-state index in [-0.39, 0.29) is 0 Å². The van der Waals surface area contributed by atoms with E-state index in [9.17, 15) is 0 Å². The van der Waals surface area contributed by atoms with Crippen molar-refractivity contribution in [1.82, 2.24) is 15.2 Å². The number of nitrogens with two attached hydrogens (primary N) is 1. The molecule has 0 atom stereocenters. The van der Waals surface area contributed by atoms with E-state index >= 15 is 0 Å². The first-order valence-electron chi connectivity index (χ1n) is 6.64. The van der Waals surface area contributed by atoms with Crippen molar-refractivity contribution in [1.29, 1.82) is 0 Å². The number of hydrogen-bond donors (Lipinski definition) is 2. The highest BCUT2D eigenvalue weighted by Gasteiger charge is 2.05. The zero-order valence-electron chi connectivity index (χ0n) is 11.7. The Kier molecular flexibility index (Phi) is 4.50. The summed E-state index contributed by atoms with van der Waals surface area (Å²) in [6.45, 7) is 4.00. The minimum atomic E-state index is 0.585. The van der Waals surface area contributed by atoms with Crippen LogP contribution in [0, 0.1) is 0 Å². The van der Waals surface area contributed by atoms with Gasteiger partial charge in [-0.3, -0.25) is 10.1 Å². The lowest BCUT2D eigenvalue weighted by Gasteiger charge is -2.04. The zero-order valence-corrected chi connectivity index (χ0v) is 11.7. The summed E-state index contributed by atoms with van der Waals surface area (Å²) in [5.41, 5.74) is 10.1. The predicted octanol–water partition coefficient (Wildman–Crippen LogP) is 3.75. The smallest absolute Gasteiger partial charge is 0.126 e. The molecule has 0 saturated heterocycles. The van der Waals surface area contributed by atoms with Gasteiger partial charge in [0.2, 0.25) is 0 Å². The summed E-state index contributed by atoms with van der Waals surface area (Å²) in [6, 6.07) is 12.2. The molecule has 0 bridgehead atoms. The highest BCUT2D eigenvalue weighted by Crippen LogP contribution is 2.28. The molecule has 3 aromatic rings. The predicted molar refractivity (Wildman–Crippen MR) is 83.0 cm³/mol. The maximum Gasteiger partial charge on any atom is 0.126 e. The highest BCUT2D eigenvalue weighted by molar-refractivity contribution is 5.77. The number of aromatic amines is 1. The van der Waals surface area contributed by atoms with Crippen LogP contribution in [0.15, 0.2) is 55.0 Å². The molecule has 0 amide bonds. The average molecular weight is 266 g/mol. The van der Waals surface area contributed by atoms with Crippen molar-refractivity contribution in [3.8, 4) is 22.3 Å².